The largest absolute Gasteiger partial charge is 0.349 e. The summed E-state index contributed by atoms with van der Waals surface area (Å²) < 4.78 is 0. The van der Waals surface area contributed by atoms with Gasteiger partial charge in [-0.25, -0.2) is 0 Å². The Hall–Kier alpha value is -2.87. The molecule has 0 aliphatic rings. The van der Waals surface area contributed by atoms with Gasteiger partial charge in [0.05, 0.1) is 12.0 Å². The summed E-state index contributed by atoms with van der Waals surface area (Å²) in [6, 6.07) is 28.7. The maximum Gasteiger partial charge on any atom is 0.228 e. The number of carbonyl (C=O) groups is 1. The molecule has 0 saturated heterocycles. The van der Waals surface area contributed by atoms with Gasteiger partial charge in [-0.1, -0.05) is 91.9 Å². The van der Waals surface area contributed by atoms with Gasteiger partial charge < -0.3 is 5.32 Å². The van der Waals surface area contributed by atoms with Crippen LogP contribution in [0.2, 0.25) is 0 Å². The van der Waals surface area contributed by atoms with Crippen LogP contribution >= 0.6 is 0 Å². The van der Waals surface area contributed by atoms with Gasteiger partial charge in [-0.2, -0.15) is 0 Å². The second kappa shape index (κ2) is 8.48. The standard InChI is InChI=1S/C24H25NO/c1-3-23(22-12-8-5-9-13-22)24(26)25-18(2)19-14-16-21(17-15-19)20-10-6-4-7-11-20/h4-18,23H,3H2,1-2H3,(H,25,26)/t18-,23-/m1/s1. The van der Waals surface area contributed by atoms with E-state index in [0.29, 0.717) is 0 Å². The molecule has 0 aromatic heterocycles. The highest BCUT2D eigenvalue weighted by atomic mass is 16.1. The Morgan fingerprint density at radius 1 is 0.769 bits per heavy atom. The molecule has 0 unspecified atom stereocenters. The van der Waals surface area contributed by atoms with Crippen molar-refractivity contribution in [1.82, 2.24) is 5.32 Å². The summed E-state index contributed by atoms with van der Waals surface area (Å²) >= 11 is 0. The molecule has 2 heteroatoms. The van der Waals surface area contributed by atoms with Crippen LogP contribution in [0.25, 0.3) is 11.1 Å². The van der Waals surface area contributed by atoms with E-state index in [1.54, 1.807) is 0 Å². The van der Waals surface area contributed by atoms with E-state index in [0.717, 1.165) is 17.5 Å². The number of hydrogen-bond acceptors (Lipinski definition) is 1. The van der Waals surface area contributed by atoms with E-state index in [9.17, 15) is 4.79 Å². The summed E-state index contributed by atoms with van der Waals surface area (Å²) in [6.45, 7) is 4.09. The van der Waals surface area contributed by atoms with Crippen molar-refractivity contribution in [2.45, 2.75) is 32.2 Å². The molecule has 0 saturated carbocycles. The molecule has 2 nitrogen and oxygen atoms in total. The zero-order valence-corrected chi connectivity index (χ0v) is 15.4. The van der Waals surface area contributed by atoms with Gasteiger partial charge in [0.25, 0.3) is 0 Å². The number of benzene rings is 3. The fraction of sp³-hybridized carbons (Fsp3) is 0.208. The quantitative estimate of drug-likeness (QED) is 0.609. The minimum absolute atomic E-state index is 0.0231. The topological polar surface area (TPSA) is 29.1 Å². The average molecular weight is 343 g/mol. The van der Waals surface area contributed by atoms with Gasteiger partial charge in [-0.15, -0.1) is 0 Å². The maximum atomic E-state index is 12.7. The van der Waals surface area contributed by atoms with E-state index in [1.807, 2.05) is 55.5 Å². The zero-order valence-electron chi connectivity index (χ0n) is 15.4. The number of hydrogen-bond donors (Lipinski definition) is 1. The summed E-state index contributed by atoms with van der Waals surface area (Å²) in [6.07, 6.45) is 0.787. The predicted molar refractivity (Wildman–Crippen MR) is 108 cm³/mol. The SMILES string of the molecule is CC[C@@H](C(=O)N[C@H](C)c1ccc(-c2ccccc2)cc1)c1ccccc1. The first-order valence-electron chi connectivity index (χ1n) is 9.19. The number of amides is 1. The summed E-state index contributed by atoms with van der Waals surface area (Å²) in [5, 5.41) is 3.17. The molecule has 2 atom stereocenters. The molecule has 0 bridgehead atoms. The number of rotatable bonds is 6. The van der Waals surface area contributed by atoms with Crippen LogP contribution in [0.4, 0.5) is 0 Å². The summed E-state index contributed by atoms with van der Waals surface area (Å²) in [5.41, 5.74) is 4.56. The van der Waals surface area contributed by atoms with Gasteiger partial charge in [0.15, 0.2) is 0 Å². The molecular formula is C24H25NO. The Labute approximate surface area is 155 Å². The first kappa shape index (κ1) is 17.9. The van der Waals surface area contributed by atoms with Gasteiger partial charge >= 0.3 is 0 Å². The van der Waals surface area contributed by atoms with Crippen molar-refractivity contribution in [3.63, 3.8) is 0 Å². The Balaban J connectivity index is 1.69. The molecule has 0 radical (unpaired) electrons. The molecular weight excluding hydrogens is 318 g/mol. The Bertz CT molecular complexity index is 825. The van der Waals surface area contributed by atoms with Gasteiger partial charge in [0.2, 0.25) is 5.91 Å². The van der Waals surface area contributed by atoms with Crippen LogP contribution in [0.1, 0.15) is 43.4 Å². The van der Waals surface area contributed by atoms with Gasteiger partial charge in [0, 0.05) is 0 Å². The van der Waals surface area contributed by atoms with Gasteiger partial charge in [-0.3, -0.25) is 4.79 Å². The van der Waals surface area contributed by atoms with E-state index in [2.05, 4.69) is 48.6 Å². The molecule has 132 valence electrons. The average Bonchev–Trinajstić information content (AvgIpc) is 2.70. The maximum absolute atomic E-state index is 12.7. The molecule has 1 N–H and O–H groups in total. The molecule has 0 aliphatic heterocycles. The first-order valence-corrected chi connectivity index (χ1v) is 9.19. The first-order chi connectivity index (χ1) is 12.7. The van der Waals surface area contributed by atoms with E-state index in [4.69, 9.17) is 0 Å². The van der Waals surface area contributed by atoms with Crippen LogP contribution < -0.4 is 5.32 Å². The van der Waals surface area contributed by atoms with Crippen LogP contribution in [-0.2, 0) is 4.79 Å². The third-order valence-electron chi connectivity index (χ3n) is 4.80. The molecule has 3 aromatic carbocycles. The molecule has 0 aliphatic carbocycles. The molecule has 0 fully saturated rings. The fourth-order valence-electron chi connectivity index (χ4n) is 3.25. The van der Waals surface area contributed by atoms with Crippen molar-refractivity contribution in [1.29, 1.82) is 0 Å². The zero-order chi connectivity index (χ0) is 18.4. The van der Waals surface area contributed by atoms with Crippen molar-refractivity contribution in [2.75, 3.05) is 0 Å². The van der Waals surface area contributed by atoms with E-state index >= 15 is 0 Å². The van der Waals surface area contributed by atoms with Gasteiger partial charge in [0.1, 0.15) is 0 Å². The Kier molecular flexibility index (Phi) is 5.85. The van der Waals surface area contributed by atoms with Crippen LogP contribution in [0.3, 0.4) is 0 Å². The third kappa shape index (κ3) is 4.20. The second-order valence-electron chi connectivity index (χ2n) is 6.59. The molecule has 1 amide bonds. The van der Waals surface area contributed by atoms with Gasteiger partial charge in [-0.05, 0) is 35.6 Å². The Morgan fingerprint density at radius 3 is 1.88 bits per heavy atom. The van der Waals surface area contributed by atoms with Crippen molar-refractivity contribution in [3.05, 3.63) is 96.1 Å². The predicted octanol–water partition coefficient (Wildman–Crippen LogP) is 5.72. The van der Waals surface area contributed by atoms with E-state index in [-0.39, 0.29) is 17.9 Å². The van der Waals surface area contributed by atoms with Crippen LogP contribution in [0.5, 0.6) is 0 Å². The smallest absolute Gasteiger partial charge is 0.228 e. The number of nitrogens with one attached hydrogen (secondary N) is 1. The highest BCUT2D eigenvalue weighted by Crippen LogP contribution is 2.24. The van der Waals surface area contributed by atoms with E-state index < -0.39 is 0 Å². The normalized spacial score (nSPS) is 13.0. The summed E-state index contributed by atoms with van der Waals surface area (Å²) in [4.78, 5) is 12.7. The van der Waals surface area contributed by atoms with Crippen LogP contribution in [0.15, 0.2) is 84.9 Å². The van der Waals surface area contributed by atoms with Crippen LogP contribution in [0, 0.1) is 0 Å². The highest BCUT2D eigenvalue weighted by molar-refractivity contribution is 5.84. The highest BCUT2D eigenvalue weighted by Gasteiger charge is 2.20. The molecule has 3 aromatic rings. The van der Waals surface area contributed by atoms with Crippen molar-refractivity contribution >= 4 is 5.91 Å². The number of carbonyl (C=O) groups excluding carboxylic acids is 1. The lowest BCUT2D eigenvalue weighted by Gasteiger charge is -2.20. The Morgan fingerprint density at radius 2 is 1.31 bits per heavy atom. The summed E-state index contributed by atoms with van der Waals surface area (Å²) in [7, 11) is 0. The molecule has 0 spiro atoms. The van der Waals surface area contributed by atoms with Crippen molar-refractivity contribution in [2.24, 2.45) is 0 Å². The van der Waals surface area contributed by atoms with Crippen molar-refractivity contribution in [3.8, 4) is 11.1 Å². The van der Waals surface area contributed by atoms with Crippen molar-refractivity contribution < 1.29 is 4.79 Å². The molecule has 0 heterocycles. The van der Waals surface area contributed by atoms with E-state index in [1.165, 1.54) is 11.1 Å². The monoisotopic (exact) mass is 343 g/mol. The lowest BCUT2D eigenvalue weighted by atomic mass is 9.95. The lowest BCUT2D eigenvalue weighted by molar-refractivity contribution is -0.123. The minimum Gasteiger partial charge on any atom is -0.349 e. The molecule has 3 rings (SSSR count). The lowest BCUT2D eigenvalue weighted by Crippen LogP contribution is -2.31. The minimum atomic E-state index is -0.109. The summed E-state index contributed by atoms with van der Waals surface area (Å²) in [5.74, 6) is -0.0272. The molecule has 26 heavy (non-hydrogen) atoms. The fourth-order valence-corrected chi connectivity index (χ4v) is 3.25. The third-order valence-corrected chi connectivity index (χ3v) is 4.80. The second-order valence-corrected chi connectivity index (χ2v) is 6.59. The van der Waals surface area contributed by atoms with Crippen LogP contribution in [-0.4, -0.2) is 5.91 Å².